The number of hydrogen-bond donors (Lipinski definition) is 1. The monoisotopic (exact) mass is 412 g/mol. The minimum atomic E-state index is -0.123. The minimum absolute atomic E-state index is 0.0902. The minimum Gasteiger partial charge on any atom is -0.338 e. The van der Waals surface area contributed by atoms with E-state index in [1.165, 1.54) is 11.8 Å². The van der Waals surface area contributed by atoms with Gasteiger partial charge in [0.05, 0.1) is 16.0 Å². The third-order valence-corrected chi connectivity index (χ3v) is 6.70. The molecule has 0 radical (unpaired) electrons. The zero-order valence-corrected chi connectivity index (χ0v) is 16.8. The van der Waals surface area contributed by atoms with Gasteiger partial charge < -0.3 is 15.1 Å². The molecule has 28 heavy (non-hydrogen) atoms. The molecule has 1 saturated heterocycles. The number of nitrogens with one attached hydrogen (secondary N) is 1. The topological polar surface area (TPSA) is 65.5 Å². The molecule has 0 aliphatic carbocycles. The van der Waals surface area contributed by atoms with Crippen molar-refractivity contribution in [1.82, 2.24) is 14.8 Å². The predicted octanol–water partition coefficient (Wildman–Crippen LogP) is 3.76. The second kappa shape index (κ2) is 8.62. The van der Waals surface area contributed by atoms with Crippen molar-refractivity contribution in [2.24, 2.45) is 0 Å². The van der Waals surface area contributed by atoms with E-state index in [1.54, 1.807) is 16.2 Å². The fraction of sp³-hybridized carbons (Fsp3) is 0.250. The molecule has 0 spiro atoms. The van der Waals surface area contributed by atoms with Crippen molar-refractivity contribution in [2.45, 2.75) is 4.34 Å². The third-order valence-electron chi connectivity index (χ3n) is 4.54. The molecule has 1 N–H and O–H groups in total. The van der Waals surface area contributed by atoms with E-state index < -0.39 is 0 Å². The summed E-state index contributed by atoms with van der Waals surface area (Å²) in [6, 6.07) is 17.3. The van der Waals surface area contributed by atoms with E-state index in [0.717, 1.165) is 20.2 Å². The smallest absolute Gasteiger partial charge is 0.321 e. The highest BCUT2D eigenvalue weighted by Crippen LogP contribution is 2.29. The van der Waals surface area contributed by atoms with E-state index in [9.17, 15) is 9.59 Å². The molecule has 144 valence electrons. The Hall–Kier alpha value is -2.58. The molecule has 3 amide bonds. The van der Waals surface area contributed by atoms with Crippen molar-refractivity contribution in [2.75, 3.05) is 37.2 Å². The maximum atomic E-state index is 12.5. The van der Waals surface area contributed by atoms with Crippen LogP contribution in [0, 0.1) is 0 Å². The maximum Gasteiger partial charge on any atom is 0.321 e. The SMILES string of the molecule is O=C(CSc1nc2ccccc2s1)N1CCN(C(=O)Nc2ccccc2)CC1. The van der Waals surface area contributed by atoms with Gasteiger partial charge in [0.2, 0.25) is 5.91 Å². The molecule has 4 rings (SSSR count). The number of rotatable bonds is 4. The van der Waals surface area contributed by atoms with E-state index in [4.69, 9.17) is 0 Å². The van der Waals surface area contributed by atoms with E-state index >= 15 is 0 Å². The van der Waals surface area contributed by atoms with Crippen molar-refractivity contribution in [1.29, 1.82) is 0 Å². The first kappa shape index (κ1) is 18.8. The Morgan fingerprint density at radius 2 is 1.64 bits per heavy atom. The second-order valence-corrected chi connectivity index (χ2v) is 8.65. The normalized spacial score (nSPS) is 14.3. The lowest BCUT2D eigenvalue weighted by atomic mass is 10.3. The Morgan fingerprint density at radius 1 is 0.964 bits per heavy atom. The molecular formula is C20H20N4O2S2. The number of anilines is 1. The summed E-state index contributed by atoms with van der Waals surface area (Å²) in [6.45, 7) is 2.19. The number of hydrogen-bond acceptors (Lipinski definition) is 5. The number of fused-ring (bicyclic) bond motifs is 1. The molecule has 0 unspecified atom stereocenters. The van der Waals surface area contributed by atoms with Crippen molar-refractivity contribution < 1.29 is 9.59 Å². The van der Waals surface area contributed by atoms with Gasteiger partial charge in [-0.15, -0.1) is 11.3 Å². The molecule has 0 bridgehead atoms. The zero-order chi connectivity index (χ0) is 19.3. The Bertz CT molecular complexity index is 936. The fourth-order valence-corrected chi connectivity index (χ4v) is 4.98. The van der Waals surface area contributed by atoms with Crippen LogP contribution in [-0.2, 0) is 4.79 Å². The van der Waals surface area contributed by atoms with Crippen LogP contribution >= 0.6 is 23.1 Å². The van der Waals surface area contributed by atoms with E-state index in [2.05, 4.69) is 10.3 Å². The predicted molar refractivity (Wildman–Crippen MR) is 114 cm³/mol. The number of piperazine rings is 1. The van der Waals surface area contributed by atoms with Gasteiger partial charge in [0.25, 0.3) is 0 Å². The molecule has 6 nitrogen and oxygen atoms in total. The first-order valence-corrected chi connectivity index (χ1v) is 10.9. The lowest BCUT2D eigenvalue weighted by Gasteiger charge is -2.34. The highest BCUT2D eigenvalue weighted by molar-refractivity contribution is 8.01. The molecule has 1 fully saturated rings. The van der Waals surface area contributed by atoms with Gasteiger partial charge in [0, 0.05) is 31.9 Å². The summed E-state index contributed by atoms with van der Waals surface area (Å²) in [5.74, 6) is 0.461. The van der Waals surface area contributed by atoms with Crippen molar-refractivity contribution in [3.8, 4) is 0 Å². The number of benzene rings is 2. The number of para-hydroxylation sites is 2. The number of thioether (sulfide) groups is 1. The number of thiazole rings is 1. The summed E-state index contributed by atoms with van der Waals surface area (Å²) >= 11 is 3.09. The number of urea groups is 1. The number of aromatic nitrogens is 1. The van der Waals surface area contributed by atoms with Crippen molar-refractivity contribution >= 4 is 50.9 Å². The van der Waals surface area contributed by atoms with Crippen LogP contribution in [0.5, 0.6) is 0 Å². The van der Waals surface area contributed by atoms with Gasteiger partial charge in [-0.1, -0.05) is 42.1 Å². The summed E-state index contributed by atoms with van der Waals surface area (Å²) in [5, 5.41) is 2.89. The number of carbonyl (C=O) groups is 2. The Labute approximate surface area is 171 Å². The van der Waals surface area contributed by atoms with E-state index in [0.29, 0.717) is 31.9 Å². The quantitative estimate of drug-likeness (QED) is 0.663. The molecule has 3 aromatic rings. The van der Waals surface area contributed by atoms with Crippen LogP contribution in [0.3, 0.4) is 0 Å². The largest absolute Gasteiger partial charge is 0.338 e. The molecule has 2 aromatic carbocycles. The Balaban J connectivity index is 1.25. The van der Waals surface area contributed by atoms with Gasteiger partial charge in [-0.3, -0.25) is 4.79 Å². The van der Waals surface area contributed by atoms with Gasteiger partial charge in [-0.05, 0) is 24.3 Å². The summed E-state index contributed by atoms with van der Waals surface area (Å²) in [6.07, 6.45) is 0. The first-order chi connectivity index (χ1) is 13.7. The summed E-state index contributed by atoms with van der Waals surface area (Å²) in [5.41, 5.74) is 1.75. The number of amides is 3. The lowest BCUT2D eigenvalue weighted by molar-refractivity contribution is -0.129. The molecule has 0 atom stereocenters. The molecule has 1 aromatic heterocycles. The zero-order valence-electron chi connectivity index (χ0n) is 15.2. The highest BCUT2D eigenvalue weighted by atomic mass is 32.2. The fourth-order valence-electron chi connectivity index (χ4n) is 3.01. The third kappa shape index (κ3) is 4.45. The molecule has 8 heteroatoms. The molecule has 0 saturated carbocycles. The highest BCUT2D eigenvalue weighted by Gasteiger charge is 2.24. The standard InChI is InChI=1S/C20H20N4O2S2/c25-18(14-27-20-22-16-8-4-5-9-17(16)28-20)23-10-12-24(13-11-23)19(26)21-15-6-2-1-3-7-15/h1-9H,10-14H2,(H,21,26). The van der Waals surface area contributed by atoms with Gasteiger partial charge in [0.15, 0.2) is 4.34 Å². The Morgan fingerprint density at radius 3 is 2.39 bits per heavy atom. The van der Waals surface area contributed by atoms with Crippen LogP contribution in [0.1, 0.15) is 0 Å². The van der Waals surface area contributed by atoms with Gasteiger partial charge >= 0.3 is 6.03 Å². The van der Waals surface area contributed by atoms with Crippen LogP contribution in [0.25, 0.3) is 10.2 Å². The van der Waals surface area contributed by atoms with Crippen LogP contribution < -0.4 is 5.32 Å². The summed E-state index contributed by atoms with van der Waals surface area (Å²) in [7, 11) is 0. The van der Waals surface area contributed by atoms with Crippen LogP contribution in [0.4, 0.5) is 10.5 Å². The first-order valence-electron chi connectivity index (χ1n) is 9.06. The average Bonchev–Trinajstić information content (AvgIpc) is 3.16. The lowest BCUT2D eigenvalue weighted by Crippen LogP contribution is -2.52. The second-order valence-electron chi connectivity index (χ2n) is 6.40. The average molecular weight is 413 g/mol. The molecule has 1 aliphatic heterocycles. The van der Waals surface area contributed by atoms with Crippen LogP contribution in [0.15, 0.2) is 58.9 Å². The summed E-state index contributed by atoms with van der Waals surface area (Å²) in [4.78, 5) is 33.0. The number of nitrogens with zero attached hydrogens (tertiary/aromatic N) is 3. The van der Waals surface area contributed by atoms with Gasteiger partial charge in [0.1, 0.15) is 0 Å². The molecule has 2 heterocycles. The summed E-state index contributed by atoms with van der Waals surface area (Å²) < 4.78 is 2.05. The number of carbonyl (C=O) groups excluding carboxylic acids is 2. The van der Waals surface area contributed by atoms with E-state index in [1.807, 2.05) is 59.5 Å². The van der Waals surface area contributed by atoms with Crippen LogP contribution in [-0.4, -0.2) is 58.7 Å². The van der Waals surface area contributed by atoms with Gasteiger partial charge in [-0.25, -0.2) is 9.78 Å². The van der Waals surface area contributed by atoms with E-state index in [-0.39, 0.29) is 11.9 Å². The van der Waals surface area contributed by atoms with Gasteiger partial charge in [-0.2, -0.15) is 0 Å². The Kier molecular flexibility index (Phi) is 5.78. The molecular weight excluding hydrogens is 392 g/mol. The maximum absolute atomic E-state index is 12.5. The van der Waals surface area contributed by atoms with Crippen molar-refractivity contribution in [3.05, 3.63) is 54.6 Å². The van der Waals surface area contributed by atoms with Crippen molar-refractivity contribution in [3.63, 3.8) is 0 Å². The molecule has 1 aliphatic rings. The van der Waals surface area contributed by atoms with Crippen LogP contribution in [0.2, 0.25) is 0 Å².